The normalized spacial score (nSPS) is 16.9. The van der Waals surface area contributed by atoms with Crippen LogP contribution in [0.25, 0.3) is 0 Å². The molecule has 0 radical (unpaired) electrons. The summed E-state index contributed by atoms with van der Waals surface area (Å²) in [4.78, 5) is 23.9. The van der Waals surface area contributed by atoms with Crippen LogP contribution < -0.4 is 10.6 Å². The minimum absolute atomic E-state index is 0.203. The second-order valence-electron chi connectivity index (χ2n) is 5.16. The van der Waals surface area contributed by atoms with Crippen LogP contribution in [0.3, 0.4) is 0 Å². The van der Waals surface area contributed by atoms with Crippen LogP contribution in [0, 0.1) is 5.92 Å². The highest BCUT2D eigenvalue weighted by atomic mass is 16.5. The predicted molar refractivity (Wildman–Crippen MR) is 74.7 cm³/mol. The summed E-state index contributed by atoms with van der Waals surface area (Å²) in [6.07, 6.45) is 3.41. The summed E-state index contributed by atoms with van der Waals surface area (Å²) < 4.78 is 4.81. The van der Waals surface area contributed by atoms with Crippen molar-refractivity contribution in [2.24, 2.45) is 5.92 Å². The van der Waals surface area contributed by atoms with Gasteiger partial charge in [0, 0.05) is 13.1 Å². The van der Waals surface area contributed by atoms with Crippen molar-refractivity contribution >= 4 is 12.0 Å². The number of urea groups is 1. The van der Waals surface area contributed by atoms with Gasteiger partial charge in [-0.15, -0.1) is 0 Å². The van der Waals surface area contributed by atoms with Crippen molar-refractivity contribution in [2.45, 2.75) is 19.3 Å². The van der Waals surface area contributed by atoms with Gasteiger partial charge in [-0.2, -0.15) is 0 Å². The van der Waals surface area contributed by atoms with Crippen LogP contribution in [-0.2, 0) is 9.53 Å². The molecule has 0 aromatic heterocycles. The van der Waals surface area contributed by atoms with Gasteiger partial charge in [-0.3, -0.25) is 0 Å². The van der Waals surface area contributed by atoms with Gasteiger partial charge in [-0.05, 0) is 45.3 Å². The first kappa shape index (κ1) is 16.7. The molecule has 1 saturated heterocycles. The maximum absolute atomic E-state index is 11.4. The van der Waals surface area contributed by atoms with E-state index in [9.17, 15) is 9.59 Å². The Hall–Kier alpha value is -1.34. The predicted octanol–water partition coefficient (Wildman–Crippen LogP) is 0.119. The molecule has 0 spiro atoms. The Morgan fingerprint density at radius 1 is 1.25 bits per heavy atom. The standard InChI is InChI=1S/C13H25N3O4/c1-16-7-3-11(4-8-16)2-5-14-13(19)15-6-9-20-10-12(17)18/h11H,2-10H2,1H3,(H,17,18)(H2,14,15,19). The number of likely N-dealkylation sites (tertiary alicyclic amines) is 1. The molecule has 0 unspecified atom stereocenters. The first-order valence-corrected chi connectivity index (χ1v) is 7.07. The molecular formula is C13H25N3O4. The zero-order chi connectivity index (χ0) is 14.8. The van der Waals surface area contributed by atoms with Gasteiger partial charge in [0.1, 0.15) is 6.61 Å². The summed E-state index contributed by atoms with van der Waals surface area (Å²) in [5, 5.41) is 13.8. The van der Waals surface area contributed by atoms with Gasteiger partial charge in [0.15, 0.2) is 0 Å². The maximum atomic E-state index is 11.4. The third-order valence-electron chi connectivity index (χ3n) is 3.43. The molecule has 2 amide bonds. The minimum atomic E-state index is -1.01. The summed E-state index contributed by atoms with van der Waals surface area (Å²) >= 11 is 0. The number of nitrogens with one attached hydrogen (secondary N) is 2. The zero-order valence-corrected chi connectivity index (χ0v) is 12.1. The van der Waals surface area contributed by atoms with E-state index in [0.717, 1.165) is 19.5 Å². The SMILES string of the molecule is CN1CCC(CCNC(=O)NCCOCC(=O)O)CC1. The Labute approximate surface area is 119 Å². The van der Waals surface area contributed by atoms with Crippen molar-refractivity contribution in [2.75, 3.05) is 46.4 Å². The fraction of sp³-hybridized carbons (Fsp3) is 0.846. The molecule has 7 heteroatoms. The highest BCUT2D eigenvalue weighted by Crippen LogP contribution is 2.18. The molecule has 3 N–H and O–H groups in total. The van der Waals surface area contributed by atoms with E-state index < -0.39 is 5.97 Å². The van der Waals surface area contributed by atoms with Crippen LogP contribution in [0.15, 0.2) is 0 Å². The Kier molecular flexibility index (Phi) is 7.98. The van der Waals surface area contributed by atoms with Gasteiger partial charge in [0.05, 0.1) is 6.61 Å². The summed E-state index contributed by atoms with van der Waals surface area (Å²) in [7, 11) is 2.13. The molecule has 116 valence electrons. The number of carboxylic acids is 1. The third kappa shape index (κ3) is 7.96. The van der Waals surface area contributed by atoms with Gasteiger partial charge in [0.25, 0.3) is 0 Å². The van der Waals surface area contributed by atoms with E-state index in [0.29, 0.717) is 19.0 Å². The average molecular weight is 287 g/mol. The molecule has 0 atom stereocenters. The Morgan fingerprint density at radius 2 is 1.90 bits per heavy atom. The van der Waals surface area contributed by atoms with E-state index >= 15 is 0 Å². The molecule has 0 aliphatic carbocycles. The van der Waals surface area contributed by atoms with Crippen LogP contribution >= 0.6 is 0 Å². The lowest BCUT2D eigenvalue weighted by atomic mass is 9.94. The molecule has 0 bridgehead atoms. The van der Waals surface area contributed by atoms with Crippen molar-refractivity contribution in [3.63, 3.8) is 0 Å². The van der Waals surface area contributed by atoms with Gasteiger partial charge < -0.3 is 25.4 Å². The molecule has 1 fully saturated rings. The maximum Gasteiger partial charge on any atom is 0.329 e. The molecular weight excluding hydrogens is 262 g/mol. The van der Waals surface area contributed by atoms with Crippen LogP contribution in [0.4, 0.5) is 4.79 Å². The number of carboxylic acid groups (broad SMARTS) is 1. The van der Waals surface area contributed by atoms with E-state index in [4.69, 9.17) is 9.84 Å². The van der Waals surface area contributed by atoms with E-state index in [1.807, 2.05) is 0 Å². The number of nitrogens with zero attached hydrogens (tertiary/aromatic N) is 1. The van der Waals surface area contributed by atoms with Crippen LogP contribution in [0.5, 0.6) is 0 Å². The summed E-state index contributed by atoms with van der Waals surface area (Å²) in [6.45, 7) is 3.13. The van der Waals surface area contributed by atoms with Crippen molar-refractivity contribution in [3.05, 3.63) is 0 Å². The van der Waals surface area contributed by atoms with E-state index in [2.05, 4.69) is 22.6 Å². The summed E-state index contributed by atoms with van der Waals surface area (Å²) in [5.41, 5.74) is 0. The summed E-state index contributed by atoms with van der Waals surface area (Å²) in [6, 6.07) is -0.225. The van der Waals surface area contributed by atoms with E-state index in [1.165, 1.54) is 12.8 Å². The molecule has 20 heavy (non-hydrogen) atoms. The summed E-state index contributed by atoms with van der Waals surface area (Å²) in [5.74, 6) is -0.307. The van der Waals surface area contributed by atoms with E-state index in [1.54, 1.807) is 0 Å². The molecule has 1 aliphatic heterocycles. The largest absolute Gasteiger partial charge is 0.480 e. The number of rotatable bonds is 8. The smallest absolute Gasteiger partial charge is 0.329 e. The van der Waals surface area contributed by atoms with Gasteiger partial charge >= 0.3 is 12.0 Å². The number of amides is 2. The molecule has 0 aromatic carbocycles. The first-order valence-electron chi connectivity index (χ1n) is 7.07. The van der Waals surface area contributed by atoms with Crippen LogP contribution in [0.2, 0.25) is 0 Å². The van der Waals surface area contributed by atoms with E-state index in [-0.39, 0.29) is 19.2 Å². The number of hydrogen-bond acceptors (Lipinski definition) is 4. The topological polar surface area (TPSA) is 90.9 Å². The number of carbonyl (C=O) groups excluding carboxylic acids is 1. The molecule has 0 saturated carbocycles. The second-order valence-corrected chi connectivity index (χ2v) is 5.16. The highest BCUT2D eigenvalue weighted by Gasteiger charge is 2.16. The second kappa shape index (κ2) is 9.55. The van der Waals surface area contributed by atoms with Crippen molar-refractivity contribution in [1.82, 2.24) is 15.5 Å². The number of ether oxygens (including phenoxy) is 1. The molecule has 1 aliphatic rings. The monoisotopic (exact) mass is 287 g/mol. The number of carbonyl (C=O) groups is 2. The lowest BCUT2D eigenvalue weighted by molar-refractivity contribution is -0.142. The highest BCUT2D eigenvalue weighted by molar-refractivity contribution is 5.73. The number of hydrogen-bond donors (Lipinski definition) is 3. The zero-order valence-electron chi connectivity index (χ0n) is 12.1. The van der Waals surface area contributed by atoms with Crippen molar-refractivity contribution in [3.8, 4) is 0 Å². The van der Waals surface area contributed by atoms with Crippen LogP contribution in [-0.4, -0.2) is 68.4 Å². The molecule has 7 nitrogen and oxygen atoms in total. The third-order valence-corrected chi connectivity index (χ3v) is 3.43. The Morgan fingerprint density at radius 3 is 2.55 bits per heavy atom. The van der Waals surface area contributed by atoms with Crippen molar-refractivity contribution in [1.29, 1.82) is 0 Å². The lowest BCUT2D eigenvalue weighted by Crippen LogP contribution is -2.39. The lowest BCUT2D eigenvalue weighted by Gasteiger charge is -2.28. The molecule has 1 rings (SSSR count). The van der Waals surface area contributed by atoms with Crippen LogP contribution in [0.1, 0.15) is 19.3 Å². The molecule has 1 heterocycles. The fourth-order valence-electron chi connectivity index (χ4n) is 2.20. The van der Waals surface area contributed by atoms with Gasteiger partial charge in [-0.25, -0.2) is 9.59 Å². The number of piperidine rings is 1. The Balaban J connectivity index is 1.93. The first-order chi connectivity index (χ1) is 9.58. The van der Waals surface area contributed by atoms with Gasteiger partial charge in [-0.1, -0.05) is 0 Å². The Bertz CT molecular complexity index is 304. The quantitative estimate of drug-likeness (QED) is 0.552. The number of aliphatic carboxylic acids is 1. The minimum Gasteiger partial charge on any atom is -0.480 e. The molecule has 0 aromatic rings. The van der Waals surface area contributed by atoms with Gasteiger partial charge in [0.2, 0.25) is 0 Å². The fourth-order valence-corrected chi connectivity index (χ4v) is 2.20. The van der Waals surface area contributed by atoms with Crippen molar-refractivity contribution < 1.29 is 19.4 Å². The average Bonchev–Trinajstić information content (AvgIpc) is 2.40.